The van der Waals surface area contributed by atoms with Gasteiger partial charge in [-0.2, -0.15) is 0 Å². The summed E-state index contributed by atoms with van der Waals surface area (Å²) < 4.78 is 0. The molecule has 0 atom stereocenters. The molecular weight excluding hydrogens is 273 g/mol. The minimum Gasteiger partial charge on any atom is -0.369 e. The van der Waals surface area contributed by atoms with E-state index in [1.165, 1.54) is 0 Å². The standard InChI is InChI=1S/C7H8Cl2N4.HNO3/c8-4-1-2-5(9)6(3-4)12-7(10)13-11;2-1(3)4/h1-3H,11H2,(H3,10,12,13);(H,2,3,4). The molecule has 1 aromatic rings. The van der Waals surface area contributed by atoms with Crippen LogP contribution in [0.1, 0.15) is 0 Å². The van der Waals surface area contributed by atoms with Crippen molar-refractivity contribution >= 4 is 34.8 Å². The summed E-state index contributed by atoms with van der Waals surface area (Å²) in [7, 11) is 0. The molecule has 0 aliphatic rings. The van der Waals surface area contributed by atoms with Gasteiger partial charge in [-0.05, 0) is 18.2 Å². The molecule has 0 amide bonds. The molecule has 1 rings (SSSR count). The molecule has 0 aromatic heterocycles. The third-order valence-electron chi connectivity index (χ3n) is 1.30. The van der Waals surface area contributed by atoms with Crippen molar-refractivity contribution in [3.8, 4) is 0 Å². The Kier molecular flexibility index (Phi) is 6.71. The summed E-state index contributed by atoms with van der Waals surface area (Å²) in [4.78, 5) is 12.2. The molecule has 0 heterocycles. The topological polar surface area (TPSA) is 140 Å². The van der Waals surface area contributed by atoms with E-state index >= 15 is 0 Å². The average molecular weight is 282 g/mol. The van der Waals surface area contributed by atoms with Crippen LogP contribution >= 0.6 is 23.2 Å². The van der Waals surface area contributed by atoms with Crippen molar-refractivity contribution in [3.05, 3.63) is 38.4 Å². The van der Waals surface area contributed by atoms with Gasteiger partial charge in [-0.1, -0.05) is 23.2 Å². The largest absolute Gasteiger partial charge is 0.369 e. The molecule has 94 valence electrons. The Hall–Kier alpha value is -1.77. The van der Waals surface area contributed by atoms with Gasteiger partial charge in [0.25, 0.3) is 5.09 Å². The molecular formula is C7H9Cl2N5O3. The number of hydrogen-bond acceptors (Lipinski definition) is 4. The van der Waals surface area contributed by atoms with Gasteiger partial charge in [-0.3, -0.25) is 5.43 Å². The lowest BCUT2D eigenvalue weighted by atomic mass is 10.3. The minimum atomic E-state index is -1.50. The maximum atomic E-state index is 8.36. The van der Waals surface area contributed by atoms with E-state index in [0.717, 1.165) is 0 Å². The van der Waals surface area contributed by atoms with Crippen molar-refractivity contribution in [1.29, 1.82) is 0 Å². The zero-order valence-corrected chi connectivity index (χ0v) is 9.81. The van der Waals surface area contributed by atoms with Crippen molar-refractivity contribution in [1.82, 2.24) is 5.43 Å². The van der Waals surface area contributed by atoms with E-state index in [1.807, 2.05) is 0 Å². The first kappa shape index (κ1) is 15.2. The number of rotatable bonds is 1. The number of aliphatic imine (C=N–C) groups is 1. The van der Waals surface area contributed by atoms with Crippen LogP contribution in [0.3, 0.4) is 0 Å². The molecule has 0 saturated heterocycles. The third kappa shape index (κ3) is 7.17. The number of nitrogens with one attached hydrogen (secondary N) is 1. The number of nitrogens with zero attached hydrogens (tertiary/aromatic N) is 2. The Morgan fingerprint density at radius 1 is 1.53 bits per heavy atom. The lowest BCUT2D eigenvalue weighted by Gasteiger charge is -2.01. The van der Waals surface area contributed by atoms with Gasteiger partial charge in [0.15, 0.2) is 0 Å². The van der Waals surface area contributed by atoms with Gasteiger partial charge in [0.05, 0.1) is 10.7 Å². The molecule has 0 spiro atoms. The zero-order valence-electron chi connectivity index (χ0n) is 8.30. The van der Waals surface area contributed by atoms with Crippen molar-refractivity contribution in [2.75, 3.05) is 0 Å². The van der Waals surface area contributed by atoms with E-state index in [0.29, 0.717) is 15.7 Å². The van der Waals surface area contributed by atoms with E-state index in [9.17, 15) is 0 Å². The van der Waals surface area contributed by atoms with Gasteiger partial charge < -0.3 is 10.9 Å². The Bertz CT molecular complexity index is 422. The van der Waals surface area contributed by atoms with Gasteiger partial charge >= 0.3 is 0 Å². The maximum Gasteiger partial charge on any atom is 0.291 e. The van der Waals surface area contributed by atoms with Crippen LogP contribution in [0.4, 0.5) is 5.69 Å². The fourth-order valence-corrected chi connectivity index (χ4v) is 1.06. The summed E-state index contributed by atoms with van der Waals surface area (Å²) in [6, 6.07) is 4.88. The number of halogens is 2. The van der Waals surface area contributed by atoms with Gasteiger partial charge in [-0.25, -0.2) is 10.8 Å². The fraction of sp³-hybridized carbons (Fsp3) is 0. The molecule has 6 N–H and O–H groups in total. The van der Waals surface area contributed by atoms with Gasteiger partial charge in [-0.15, -0.1) is 10.1 Å². The summed E-state index contributed by atoms with van der Waals surface area (Å²) in [5.74, 6) is 5.10. The van der Waals surface area contributed by atoms with Crippen LogP contribution in [0, 0.1) is 10.1 Å². The normalized spacial score (nSPS) is 10.2. The highest BCUT2D eigenvalue weighted by atomic mass is 35.5. The second-order valence-electron chi connectivity index (χ2n) is 2.47. The molecule has 0 bridgehead atoms. The van der Waals surface area contributed by atoms with Crippen LogP contribution in [0.25, 0.3) is 0 Å². The van der Waals surface area contributed by atoms with E-state index in [1.54, 1.807) is 18.2 Å². The maximum absolute atomic E-state index is 8.36. The molecule has 8 nitrogen and oxygen atoms in total. The molecule has 1 aromatic carbocycles. The predicted octanol–water partition coefficient (Wildman–Crippen LogP) is 1.06. The highest BCUT2D eigenvalue weighted by molar-refractivity contribution is 6.35. The molecule has 0 aliphatic heterocycles. The molecule has 10 heteroatoms. The Labute approximate surface area is 106 Å². The SMILES string of the molecule is NNC(N)=Nc1cc(Cl)ccc1Cl.O=[N+]([O-])O. The lowest BCUT2D eigenvalue weighted by molar-refractivity contribution is -0.742. The van der Waals surface area contributed by atoms with Crippen LogP contribution in [0.5, 0.6) is 0 Å². The number of guanidine groups is 1. The van der Waals surface area contributed by atoms with E-state index in [2.05, 4.69) is 10.4 Å². The second-order valence-corrected chi connectivity index (χ2v) is 3.32. The van der Waals surface area contributed by atoms with Crippen LogP contribution < -0.4 is 17.0 Å². The monoisotopic (exact) mass is 281 g/mol. The summed E-state index contributed by atoms with van der Waals surface area (Å²) in [5, 5.41) is 14.6. The first-order valence-corrected chi connectivity index (χ1v) is 4.71. The van der Waals surface area contributed by atoms with Crippen molar-refractivity contribution in [2.24, 2.45) is 16.6 Å². The molecule has 0 fully saturated rings. The first-order chi connectivity index (χ1) is 7.86. The third-order valence-corrected chi connectivity index (χ3v) is 1.85. The van der Waals surface area contributed by atoms with Crippen molar-refractivity contribution in [2.45, 2.75) is 0 Å². The fourth-order valence-electron chi connectivity index (χ4n) is 0.734. The van der Waals surface area contributed by atoms with Crippen molar-refractivity contribution < 1.29 is 10.3 Å². The number of hydrogen-bond donors (Lipinski definition) is 4. The van der Waals surface area contributed by atoms with Gasteiger partial charge in [0, 0.05) is 5.02 Å². The zero-order chi connectivity index (χ0) is 13.4. The molecule has 0 aliphatic carbocycles. The Balaban J connectivity index is 0.000000557. The minimum absolute atomic E-state index is 0.0733. The predicted molar refractivity (Wildman–Crippen MR) is 63.8 cm³/mol. The number of hydrazine groups is 1. The molecule has 17 heavy (non-hydrogen) atoms. The van der Waals surface area contributed by atoms with Crippen LogP contribution in [0.15, 0.2) is 23.2 Å². The van der Waals surface area contributed by atoms with Gasteiger partial charge in [0.1, 0.15) is 0 Å². The second kappa shape index (κ2) is 7.49. The molecule has 0 saturated carbocycles. The van der Waals surface area contributed by atoms with E-state index in [4.69, 9.17) is 50.1 Å². The van der Waals surface area contributed by atoms with Crippen LogP contribution in [0.2, 0.25) is 10.0 Å². The van der Waals surface area contributed by atoms with E-state index < -0.39 is 5.09 Å². The Morgan fingerprint density at radius 2 is 2.06 bits per heavy atom. The quantitative estimate of drug-likeness (QED) is 0.199. The summed E-state index contributed by atoms with van der Waals surface area (Å²) in [6.07, 6.45) is 0. The summed E-state index contributed by atoms with van der Waals surface area (Å²) >= 11 is 11.5. The van der Waals surface area contributed by atoms with Crippen LogP contribution in [-0.2, 0) is 0 Å². The highest BCUT2D eigenvalue weighted by Gasteiger charge is 1.99. The lowest BCUT2D eigenvalue weighted by Crippen LogP contribution is -2.36. The summed E-state index contributed by atoms with van der Waals surface area (Å²) in [5.41, 5.74) is 8.00. The Morgan fingerprint density at radius 3 is 2.53 bits per heavy atom. The molecule has 0 radical (unpaired) electrons. The first-order valence-electron chi connectivity index (χ1n) is 3.96. The highest BCUT2D eigenvalue weighted by Crippen LogP contribution is 2.27. The van der Waals surface area contributed by atoms with Gasteiger partial charge in [0.2, 0.25) is 5.96 Å². The average Bonchev–Trinajstić information content (AvgIpc) is 2.22. The van der Waals surface area contributed by atoms with E-state index in [-0.39, 0.29) is 5.96 Å². The van der Waals surface area contributed by atoms with Crippen molar-refractivity contribution in [3.63, 3.8) is 0 Å². The summed E-state index contributed by atoms with van der Waals surface area (Å²) in [6.45, 7) is 0. The van der Waals surface area contributed by atoms with Crippen LogP contribution in [-0.4, -0.2) is 16.3 Å². The molecule has 0 unspecified atom stereocenters. The number of benzene rings is 1. The smallest absolute Gasteiger partial charge is 0.291 e. The number of nitrogens with two attached hydrogens (primary N) is 2.